The zero-order valence-corrected chi connectivity index (χ0v) is 14.0. The number of hydrogen-bond donors (Lipinski definition) is 1. The van der Waals surface area contributed by atoms with Gasteiger partial charge in [0.25, 0.3) is 5.91 Å². The topological polar surface area (TPSA) is 86.8 Å². The van der Waals surface area contributed by atoms with E-state index >= 15 is 0 Å². The van der Waals surface area contributed by atoms with Crippen LogP contribution in [0.2, 0.25) is 5.02 Å². The lowest BCUT2D eigenvalue weighted by molar-refractivity contribution is -0.131. The first-order chi connectivity index (χ1) is 10.8. The molecule has 0 radical (unpaired) electrons. The fourth-order valence-electron chi connectivity index (χ4n) is 2.98. The summed E-state index contributed by atoms with van der Waals surface area (Å²) in [5, 5.41) is 3.03. The average Bonchev–Trinajstić information content (AvgIpc) is 2.72. The van der Waals surface area contributed by atoms with E-state index < -0.39 is 21.6 Å². The van der Waals surface area contributed by atoms with Crippen LogP contribution in [0.1, 0.15) is 12.8 Å². The Balaban J connectivity index is 1.79. The number of carbonyl (C=O) groups is 2. The summed E-state index contributed by atoms with van der Waals surface area (Å²) in [5.41, 5.74) is -0.980. The second kappa shape index (κ2) is 5.47. The van der Waals surface area contributed by atoms with E-state index in [4.69, 9.17) is 11.6 Å². The summed E-state index contributed by atoms with van der Waals surface area (Å²) in [5.74, 6) is -0.303. The number of rotatable bonds is 2. The molecule has 2 fully saturated rings. The van der Waals surface area contributed by atoms with Crippen LogP contribution in [0.5, 0.6) is 0 Å². The van der Waals surface area contributed by atoms with E-state index in [1.165, 1.54) is 23.5 Å². The van der Waals surface area contributed by atoms with E-state index in [1.54, 1.807) is 12.1 Å². The van der Waals surface area contributed by atoms with Crippen molar-refractivity contribution in [2.75, 3.05) is 20.1 Å². The van der Waals surface area contributed by atoms with Crippen molar-refractivity contribution in [3.05, 3.63) is 29.3 Å². The maximum Gasteiger partial charge on any atom is 0.324 e. The van der Waals surface area contributed by atoms with E-state index in [0.29, 0.717) is 5.02 Å². The number of likely N-dealkylation sites (N-methyl/N-ethyl adjacent to an activating group) is 1. The largest absolute Gasteiger partial charge is 0.324 e. The number of hydrogen-bond acceptors (Lipinski definition) is 4. The number of imide groups is 1. The van der Waals surface area contributed by atoms with Gasteiger partial charge in [-0.2, -0.15) is 4.31 Å². The molecule has 0 bridgehead atoms. The Kier molecular flexibility index (Phi) is 3.86. The second-order valence-electron chi connectivity index (χ2n) is 5.74. The van der Waals surface area contributed by atoms with Gasteiger partial charge in [0, 0.05) is 25.2 Å². The van der Waals surface area contributed by atoms with Crippen LogP contribution in [-0.4, -0.2) is 55.2 Å². The number of urea groups is 1. The second-order valence-corrected chi connectivity index (χ2v) is 8.11. The van der Waals surface area contributed by atoms with Crippen LogP contribution in [0.3, 0.4) is 0 Å². The number of amides is 3. The Morgan fingerprint density at radius 1 is 1.22 bits per heavy atom. The Morgan fingerprint density at radius 2 is 1.87 bits per heavy atom. The molecule has 23 heavy (non-hydrogen) atoms. The zero-order valence-electron chi connectivity index (χ0n) is 12.5. The summed E-state index contributed by atoms with van der Waals surface area (Å²) < 4.78 is 26.6. The molecule has 9 heteroatoms. The standard InChI is InChI=1S/C14H16ClN3O4S/c1-17-12(19)14(16-13(17)20)5-7-18(8-6-14)23(21,22)11-4-2-3-10(15)9-11/h2-4,9H,5-8H2,1H3,(H,16,20). The summed E-state index contributed by atoms with van der Waals surface area (Å²) in [4.78, 5) is 25.0. The van der Waals surface area contributed by atoms with Crippen molar-refractivity contribution in [2.45, 2.75) is 23.3 Å². The molecule has 1 aromatic rings. The minimum Gasteiger partial charge on any atom is -0.323 e. The number of nitrogens with one attached hydrogen (secondary N) is 1. The quantitative estimate of drug-likeness (QED) is 0.801. The molecule has 0 aliphatic carbocycles. The Bertz CT molecular complexity index is 772. The molecular formula is C14H16ClN3O4S. The number of piperidine rings is 1. The van der Waals surface area contributed by atoms with Gasteiger partial charge in [0.05, 0.1) is 4.90 Å². The van der Waals surface area contributed by atoms with Gasteiger partial charge >= 0.3 is 6.03 Å². The van der Waals surface area contributed by atoms with Crippen molar-refractivity contribution in [1.29, 1.82) is 0 Å². The Labute approximate surface area is 139 Å². The summed E-state index contributed by atoms with van der Waals surface area (Å²) >= 11 is 5.86. The summed E-state index contributed by atoms with van der Waals surface area (Å²) in [6.45, 7) is 0.323. The zero-order chi connectivity index (χ0) is 16.8. The van der Waals surface area contributed by atoms with Crippen LogP contribution >= 0.6 is 11.6 Å². The lowest BCUT2D eigenvalue weighted by Crippen LogP contribution is -2.55. The molecule has 2 heterocycles. The molecule has 2 aliphatic heterocycles. The molecule has 3 amide bonds. The lowest BCUT2D eigenvalue weighted by atomic mass is 9.88. The molecule has 2 aliphatic rings. The predicted octanol–water partition coefficient (Wildman–Crippen LogP) is 1.04. The maximum atomic E-state index is 12.6. The number of carbonyl (C=O) groups excluding carboxylic acids is 2. The number of halogens is 1. The van der Waals surface area contributed by atoms with Gasteiger partial charge in [0.2, 0.25) is 10.0 Å². The van der Waals surface area contributed by atoms with Gasteiger partial charge < -0.3 is 5.32 Å². The van der Waals surface area contributed by atoms with Crippen LogP contribution < -0.4 is 5.32 Å². The van der Waals surface area contributed by atoms with E-state index in [1.807, 2.05) is 0 Å². The first-order valence-electron chi connectivity index (χ1n) is 7.12. The molecule has 1 aromatic carbocycles. The third-order valence-corrected chi connectivity index (χ3v) is 6.50. The molecule has 0 unspecified atom stereocenters. The van der Waals surface area contributed by atoms with Gasteiger partial charge in [-0.05, 0) is 31.0 Å². The molecule has 7 nitrogen and oxygen atoms in total. The highest BCUT2D eigenvalue weighted by Gasteiger charge is 2.52. The van der Waals surface area contributed by atoms with Crippen molar-refractivity contribution in [1.82, 2.24) is 14.5 Å². The minimum atomic E-state index is -3.66. The van der Waals surface area contributed by atoms with Crippen molar-refractivity contribution < 1.29 is 18.0 Å². The molecule has 2 saturated heterocycles. The van der Waals surface area contributed by atoms with Crippen LogP contribution in [0.4, 0.5) is 4.79 Å². The fourth-order valence-corrected chi connectivity index (χ4v) is 4.72. The van der Waals surface area contributed by atoms with Gasteiger partial charge in [-0.3, -0.25) is 9.69 Å². The number of sulfonamides is 1. The molecule has 1 spiro atoms. The smallest absolute Gasteiger partial charge is 0.323 e. The van der Waals surface area contributed by atoms with E-state index in [-0.39, 0.29) is 36.7 Å². The normalized spacial score (nSPS) is 21.7. The average molecular weight is 358 g/mol. The first kappa shape index (κ1) is 16.2. The third-order valence-electron chi connectivity index (χ3n) is 4.37. The molecule has 0 saturated carbocycles. The van der Waals surface area contributed by atoms with Crippen LogP contribution in [0.25, 0.3) is 0 Å². The predicted molar refractivity (Wildman–Crippen MR) is 83.5 cm³/mol. The van der Waals surface area contributed by atoms with Crippen molar-refractivity contribution in [3.63, 3.8) is 0 Å². The highest BCUT2D eigenvalue weighted by atomic mass is 35.5. The van der Waals surface area contributed by atoms with Crippen molar-refractivity contribution in [2.24, 2.45) is 0 Å². The molecule has 0 aromatic heterocycles. The van der Waals surface area contributed by atoms with Gasteiger partial charge in [-0.1, -0.05) is 17.7 Å². The first-order valence-corrected chi connectivity index (χ1v) is 8.94. The minimum absolute atomic E-state index is 0.125. The van der Waals surface area contributed by atoms with E-state index in [2.05, 4.69) is 5.32 Å². The molecule has 3 rings (SSSR count). The van der Waals surface area contributed by atoms with E-state index in [0.717, 1.165) is 4.90 Å². The number of benzene rings is 1. The van der Waals surface area contributed by atoms with Gasteiger partial charge in [0.15, 0.2) is 0 Å². The molecule has 124 valence electrons. The lowest BCUT2D eigenvalue weighted by Gasteiger charge is -2.36. The van der Waals surface area contributed by atoms with Crippen molar-refractivity contribution in [3.8, 4) is 0 Å². The summed E-state index contributed by atoms with van der Waals surface area (Å²) in [6.07, 6.45) is 0.503. The number of nitrogens with zero attached hydrogens (tertiary/aromatic N) is 2. The van der Waals surface area contributed by atoms with Gasteiger partial charge in [-0.25, -0.2) is 13.2 Å². The Hall–Kier alpha value is -1.64. The van der Waals surface area contributed by atoms with E-state index in [9.17, 15) is 18.0 Å². The van der Waals surface area contributed by atoms with Crippen molar-refractivity contribution >= 4 is 33.6 Å². The molecule has 1 N–H and O–H groups in total. The SMILES string of the molecule is CN1C(=O)NC2(CCN(S(=O)(=O)c3cccc(Cl)c3)CC2)C1=O. The highest BCUT2D eigenvalue weighted by molar-refractivity contribution is 7.89. The fraction of sp³-hybridized carbons (Fsp3) is 0.429. The summed E-state index contributed by atoms with van der Waals surface area (Å²) in [7, 11) is -2.25. The highest BCUT2D eigenvalue weighted by Crippen LogP contribution is 2.31. The third kappa shape index (κ3) is 2.60. The van der Waals surface area contributed by atoms with Crippen LogP contribution in [-0.2, 0) is 14.8 Å². The van der Waals surface area contributed by atoms with Gasteiger partial charge in [0.1, 0.15) is 5.54 Å². The summed E-state index contributed by atoms with van der Waals surface area (Å²) in [6, 6.07) is 5.63. The van der Waals surface area contributed by atoms with Gasteiger partial charge in [-0.15, -0.1) is 0 Å². The monoisotopic (exact) mass is 357 g/mol. The van der Waals surface area contributed by atoms with Crippen LogP contribution in [0, 0.1) is 0 Å². The molecule has 0 atom stereocenters. The molecular weight excluding hydrogens is 342 g/mol. The van der Waals surface area contributed by atoms with Crippen LogP contribution in [0.15, 0.2) is 29.2 Å². The maximum absolute atomic E-state index is 12.6. The Morgan fingerprint density at radius 3 is 2.39 bits per heavy atom.